The second-order valence-corrected chi connectivity index (χ2v) is 16.0. The minimum atomic E-state index is -0.128. The summed E-state index contributed by atoms with van der Waals surface area (Å²) in [7, 11) is 0. The van der Waals surface area contributed by atoms with Gasteiger partial charge in [-0.3, -0.25) is 4.90 Å². The highest BCUT2D eigenvalue weighted by molar-refractivity contribution is 6.14. The fourth-order valence-electron chi connectivity index (χ4n) is 9.50. The normalized spacial score (nSPS) is 13.0. The first-order chi connectivity index (χ1) is 29.5. The van der Waals surface area contributed by atoms with Crippen LogP contribution in [-0.2, 0) is 5.41 Å². The summed E-state index contributed by atoms with van der Waals surface area (Å²) in [6, 6.07) is 65.8. The average Bonchev–Trinajstić information content (AvgIpc) is 3.93. The zero-order valence-corrected chi connectivity index (χ0v) is 33.0. The molecule has 0 N–H and O–H groups in total. The van der Waals surface area contributed by atoms with E-state index in [1.54, 1.807) is 0 Å². The van der Waals surface area contributed by atoms with Crippen LogP contribution in [0.2, 0.25) is 0 Å². The Kier molecular flexibility index (Phi) is 7.47. The Morgan fingerprint density at radius 1 is 0.500 bits per heavy atom. The van der Waals surface area contributed by atoms with Gasteiger partial charge in [0.05, 0.1) is 22.1 Å². The van der Waals surface area contributed by atoms with Crippen molar-refractivity contribution < 1.29 is 4.42 Å². The van der Waals surface area contributed by atoms with Crippen LogP contribution in [0.1, 0.15) is 25.0 Å². The second-order valence-electron chi connectivity index (χ2n) is 16.0. The zero-order valence-electron chi connectivity index (χ0n) is 33.0. The Morgan fingerprint density at radius 2 is 1.15 bits per heavy atom. The summed E-state index contributed by atoms with van der Waals surface area (Å²) in [5.41, 5.74) is 13.4. The molecule has 0 radical (unpaired) electrons. The minimum Gasteiger partial charge on any atom is -0.456 e. The summed E-state index contributed by atoms with van der Waals surface area (Å²) >= 11 is 0. The van der Waals surface area contributed by atoms with Crippen molar-refractivity contribution in [3.63, 3.8) is 0 Å². The van der Waals surface area contributed by atoms with E-state index in [1.165, 1.54) is 22.3 Å². The maximum absolute atomic E-state index is 6.44. The van der Waals surface area contributed by atoms with Gasteiger partial charge < -0.3 is 8.98 Å². The number of benzene rings is 8. The van der Waals surface area contributed by atoms with E-state index in [0.717, 1.165) is 71.9 Å². The molecular formula is C54H37N5O. The highest BCUT2D eigenvalue weighted by Crippen LogP contribution is 2.50. The molecule has 0 fully saturated rings. The number of furan rings is 1. The fourth-order valence-corrected chi connectivity index (χ4v) is 9.50. The van der Waals surface area contributed by atoms with Gasteiger partial charge in [0.15, 0.2) is 11.6 Å². The third kappa shape index (κ3) is 5.10. The van der Waals surface area contributed by atoms with E-state index in [1.807, 2.05) is 30.3 Å². The number of hydrogen-bond acceptors (Lipinski definition) is 5. The largest absolute Gasteiger partial charge is 0.456 e. The van der Waals surface area contributed by atoms with Gasteiger partial charge in [-0.05, 0) is 82.9 Å². The summed E-state index contributed by atoms with van der Waals surface area (Å²) in [6.45, 7) is 4.61. The molecule has 0 aliphatic heterocycles. The van der Waals surface area contributed by atoms with Crippen LogP contribution in [0.15, 0.2) is 192 Å². The van der Waals surface area contributed by atoms with Gasteiger partial charge in [0.1, 0.15) is 11.2 Å². The van der Waals surface area contributed by atoms with Crippen molar-refractivity contribution in [2.75, 3.05) is 4.90 Å². The standard InChI is InChI=1S/C54H37N5O/c1-54(2)43-26-12-9-21-37(43)42-33-34(31-32-44(42)54)51-55-52(41-25-15-24-39-38-22-10-13-27-45(38)58(50(39)41)35-17-5-3-6-18-35)57-53(56-51)59(36-19-7-4-8-20-36)46-28-16-30-48-49(46)40-23-11-14-29-47(40)60-48/h3-33H,1-2H3. The number of aromatic nitrogens is 4. The number of anilines is 3. The molecule has 284 valence electrons. The predicted octanol–water partition coefficient (Wildman–Crippen LogP) is 14.0. The molecule has 0 amide bonds. The van der Waals surface area contributed by atoms with Crippen LogP contribution in [-0.4, -0.2) is 19.5 Å². The van der Waals surface area contributed by atoms with Gasteiger partial charge in [0.25, 0.3) is 0 Å². The summed E-state index contributed by atoms with van der Waals surface area (Å²) in [5, 5.41) is 4.30. The monoisotopic (exact) mass is 771 g/mol. The molecule has 1 aliphatic carbocycles. The van der Waals surface area contributed by atoms with Crippen LogP contribution < -0.4 is 4.90 Å². The van der Waals surface area contributed by atoms with Crippen LogP contribution in [0, 0.1) is 0 Å². The van der Waals surface area contributed by atoms with Gasteiger partial charge in [0.2, 0.25) is 5.95 Å². The fraction of sp³-hybridized carbons (Fsp3) is 0.0556. The molecule has 6 nitrogen and oxygen atoms in total. The smallest absolute Gasteiger partial charge is 0.238 e. The molecule has 0 bridgehead atoms. The summed E-state index contributed by atoms with van der Waals surface area (Å²) in [6.07, 6.45) is 0. The number of hydrogen-bond donors (Lipinski definition) is 0. The van der Waals surface area contributed by atoms with Crippen molar-refractivity contribution >= 4 is 61.1 Å². The van der Waals surface area contributed by atoms with Crippen molar-refractivity contribution in [3.8, 4) is 39.6 Å². The van der Waals surface area contributed by atoms with Crippen LogP contribution in [0.25, 0.3) is 83.3 Å². The van der Waals surface area contributed by atoms with Gasteiger partial charge in [-0.15, -0.1) is 0 Å². The van der Waals surface area contributed by atoms with E-state index in [2.05, 4.69) is 181 Å². The molecule has 6 heteroatoms. The Labute approximate surface area is 346 Å². The Balaban J connectivity index is 1.17. The number of fused-ring (bicyclic) bond motifs is 9. The lowest BCUT2D eigenvalue weighted by molar-refractivity contribution is 0.660. The van der Waals surface area contributed by atoms with Crippen LogP contribution in [0.3, 0.4) is 0 Å². The molecule has 3 heterocycles. The number of para-hydroxylation sites is 5. The Bertz CT molecular complexity index is 3470. The van der Waals surface area contributed by atoms with Crippen molar-refractivity contribution in [2.45, 2.75) is 19.3 Å². The topological polar surface area (TPSA) is 60.0 Å². The van der Waals surface area contributed by atoms with Crippen molar-refractivity contribution in [2.24, 2.45) is 0 Å². The van der Waals surface area contributed by atoms with E-state index in [-0.39, 0.29) is 5.41 Å². The Morgan fingerprint density at radius 3 is 2.02 bits per heavy atom. The first-order valence-corrected chi connectivity index (χ1v) is 20.4. The van der Waals surface area contributed by atoms with Crippen LogP contribution >= 0.6 is 0 Å². The highest BCUT2D eigenvalue weighted by atomic mass is 16.3. The molecule has 0 spiro atoms. The molecule has 0 saturated heterocycles. The molecule has 3 aromatic heterocycles. The highest BCUT2D eigenvalue weighted by Gasteiger charge is 2.35. The molecule has 0 saturated carbocycles. The minimum absolute atomic E-state index is 0.128. The predicted molar refractivity (Wildman–Crippen MR) is 245 cm³/mol. The molecule has 8 aromatic carbocycles. The summed E-state index contributed by atoms with van der Waals surface area (Å²) in [4.78, 5) is 18.5. The third-order valence-corrected chi connectivity index (χ3v) is 12.3. The van der Waals surface area contributed by atoms with E-state index in [9.17, 15) is 0 Å². The number of rotatable bonds is 6. The average molecular weight is 772 g/mol. The third-order valence-electron chi connectivity index (χ3n) is 12.3. The van der Waals surface area contributed by atoms with E-state index in [0.29, 0.717) is 17.6 Å². The zero-order chi connectivity index (χ0) is 40.0. The van der Waals surface area contributed by atoms with Gasteiger partial charge in [-0.25, -0.2) is 4.98 Å². The number of nitrogens with zero attached hydrogens (tertiary/aromatic N) is 5. The lowest BCUT2D eigenvalue weighted by atomic mass is 9.82. The van der Waals surface area contributed by atoms with Gasteiger partial charge in [-0.2, -0.15) is 9.97 Å². The van der Waals surface area contributed by atoms with Gasteiger partial charge >= 0.3 is 0 Å². The van der Waals surface area contributed by atoms with E-state index < -0.39 is 0 Å². The van der Waals surface area contributed by atoms with Crippen LogP contribution in [0.5, 0.6) is 0 Å². The molecule has 12 rings (SSSR count). The van der Waals surface area contributed by atoms with Crippen molar-refractivity contribution in [3.05, 3.63) is 199 Å². The second kappa shape index (κ2) is 13.1. The van der Waals surface area contributed by atoms with E-state index >= 15 is 0 Å². The Hall–Kier alpha value is -7.83. The SMILES string of the molecule is CC1(C)c2ccccc2-c2cc(-c3nc(-c4cccc5c6ccccc6n(-c6ccccc6)c45)nc(N(c4ccccc4)c4cccc5oc6ccccc6c45)n3)ccc21. The molecular weight excluding hydrogens is 735 g/mol. The van der Waals surface area contributed by atoms with Crippen molar-refractivity contribution in [1.29, 1.82) is 0 Å². The molecule has 0 unspecified atom stereocenters. The first kappa shape index (κ1) is 34.2. The first-order valence-electron chi connectivity index (χ1n) is 20.4. The lowest BCUT2D eigenvalue weighted by Gasteiger charge is -2.25. The van der Waals surface area contributed by atoms with E-state index in [4.69, 9.17) is 19.4 Å². The molecule has 60 heavy (non-hydrogen) atoms. The molecule has 0 atom stereocenters. The lowest BCUT2D eigenvalue weighted by Crippen LogP contribution is -2.16. The van der Waals surface area contributed by atoms with Gasteiger partial charge in [0, 0.05) is 44.1 Å². The maximum Gasteiger partial charge on any atom is 0.238 e. The summed E-state index contributed by atoms with van der Waals surface area (Å²) in [5.74, 6) is 1.66. The van der Waals surface area contributed by atoms with Gasteiger partial charge in [-0.1, -0.05) is 141 Å². The quantitative estimate of drug-likeness (QED) is 0.168. The molecule has 1 aliphatic rings. The van der Waals surface area contributed by atoms with Crippen LogP contribution in [0.4, 0.5) is 17.3 Å². The molecule has 11 aromatic rings. The summed E-state index contributed by atoms with van der Waals surface area (Å²) < 4.78 is 8.78. The van der Waals surface area contributed by atoms with Crippen molar-refractivity contribution in [1.82, 2.24) is 19.5 Å². The maximum atomic E-state index is 6.44.